The van der Waals surface area contributed by atoms with Gasteiger partial charge in [0, 0.05) is 34.9 Å². The first kappa shape index (κ1) is 15.5. The van der Waals surface area contributed by atoms with Gasteiger partial charge < -0.3 is 9.88 Å². The zero-order chi connectivity index (χ0) is 17.2. The number of amides is 1. The molecule has 1 aliphatic heterocycles. The number of hydrogen-bond donors (Lipinski definition) is 3. The zero-order valence-corrected chi connectivity index (χ0v) is 13.7. The number of aromatic nitrogens is 1. The molecule has 1 aromatic heterocycles. The minimum atomic E-state index is -0.536. The lowest BCUT2D eigenvalue weighted by atomic mass is 10.0. The Morgan fingerprint density at radius 1 is 1.16 bits per heavy atom. The predicted octanol–water partition coefficient (Wildman–Crippen LogP) is 3.25. The van der Waals surface area contributed by atoms with E-state index in [2.05, 4.69) is 46.3 Å². The molecule has 0 fully saturated rings. The van der Waals surface area contributed by atoms with Crippen molar-refractivity contribution in [2.45, 2.75) is 13.0 Å². The molecule has 2 heterocycles. The highest BCUT2D eigenvalue weighted by atomic mass is 16.5. The number of para-hydroxylation sites is 1. The van der Waals surface area contributed by atoms with E-state index in [0.29, 0.717) is 0 Å². The Hall–Kier alpha value is -3.05. The van der Waals surface area contributed by atoms with E-state index in [0.717, 1.165) is 30.8 Å². The number of anilines is 1. The van der Waals surface area contributed by atoms with Crippen LogP contribution in [0.3, 0.4) is 0 Å². The highest BCUT2D eigenvalue weighted by Gasteiger charge is 2.20. The molecule has 5 nitrogen and oxygen atoms in total. The summed E-state index contributed by atoms with van der Waals surface area (Å²) in [5, 5.41) is 9.83. The molecule has 3 aromatic rings. The van der Waals surface area contributed by atoms with Gasteiger partial charge in [0.15, 0.2) is 0 Å². The van der Waals surface area contributed by atoms with Gasteiger partial charge in [-0.3, -0.25) is 10.0 Å². The van der Waals surface area contributed by atoms with E-state index in [9.17, 15) is 4.79 Å². The summed E-state index contributed by atoms with van der Waals surface area (Å²) in [5.74, 6) is -0.536. The van der Waals surface area contributed by atoms with Crippen molar-refractivity contribution >= 4 is 28.6 Å². The van der Waals surface area contributed by atoms with Gasteiger partial charge in [-0.15, -0.1) is 0 Å². The second-order valence-electron chi connectivity index (χ2n) is 6.20. The van der Waals surface area contributed by atoms with Crippen LogP contribution in [0.25, 0.3) is 17.0 Å². The van der Waals surface area contributed by atoms with Crippen molar-refractivity contribution in [1.82, 2.24) is 10.5 Å². The van der Waals surface area contributed by atoms with Crippen LogP contribution in [0.15, 0.2) is 54.6 Å². The van der Waals surface area contributed by atoms with Crippen molar-refractivity contribution in [1.29, 1.82) is 0 Å². The number of carbonyl (C=O) groups is 1. The van der Waals surface area contributed by atoms with Gasteiger partial charge in [0.25, 0.3) is 5.91 Å². The van der Waals surface area contributed by atoms with E-state index in [1.54, 1.807) is 11.6 Å². The second-order valence-corrected chi connectivity index (χ2v) is 6.20. The van der Waals surface area contributed by atoms with Crippen LogP contribution in [0.4, 0.5) is 5.69 Å². The fraction of sp³-hybridized carbons (Fsp3) is 0.150. The van der Waals surface area contributed by atoms with Crippen molar-refractivity contribution in [3.05, 3.63) is 71.4 Å². The lowest BCUT2D eigenvalue weighted by Crippen LogP contribution is -2.30. The summed E-state index contributed by atoms with van der Waals surface area (Å²) >= 11 is 0. The Balaban J connectivity index is 1.53. The summed E-state index contributed by atoms with van der Waals surface area (Å²) in [7, 11) is 0. The van der Waals surface area contributed by atoms with Crippen LogP contribution in [0.2, 0.25) is 0 Å². The Morgan fingerprint density at radius 2 is 1.96 bits per heavy atom. The number of nitrogens with zero attached hydrogens (tertiary/aromatic N) is 1. The molecule has 0 atom stereocenters. The number of H-pyrrole nitrogens is 1. The van der Waals surface area contributed by atoms with Gasteiger partial charge in [0.05, 0.1) is 6.54 Å². The van der Waals surface area contributed by atoms with Gasteiger partial charge in [-0.05, 0) is 41.8 Å². The van der Waals surface area contributed by atoms with Crippen LogP contribution in [0.5, 0.6) is 0 Å². The number of rotatable bonds is 3. The van der Waals surface area contributed by atoms with Crippen LogP contribution >= 0.6 is 0 Å². The summed E-state index contributed by atoms with van der Waals surface area (Å²) in [5.41, 5.74) is 7.58. The molecular weight excluding hydrogens is 314 g/mol. The molecule has 2 aromatic carbocycles. The van der Waals surface area contributed by atoms with E-state index < -0.39 is 5.91 Å². The van der Waals surface area contributed by atoms with E-state index >= 15 is 0 Å². The topological polar surface area (TPSA) is 68.4 Å². The largest absolute Gasteiger partial charge is 0.365 e. The summed E-state index contributed by atoms with van der Waals surface area (Å²) in [6.07, 6.45) is 3.99. The summed E-state index contributed by atoms with van der Waals surface area (Å²) in [6, 6.07) is 16.5. The van der Waals surface area contributed by atoms with Crippen molar-refractivity contribution < 1.29 is 10.0 Å². The monoisotopic (exact) mass is 333 g/mol. The standard InChI is InChI=1S/C20H19N3O2/c24-20(22-25)10-7-14-5-8-15(9-6-14)23-12-11-17-16-3-1-2-4-18(16)21-19(17)13-23/h1-10,21,25H,11-13H2,(H,22,24)/b10-7+. The van der Waals surface area contributed by atoms with Gasteiger partial charge in [-0.2, -0.15) is 0 Å². The fourth-order valence-electron chi connectivity index (χ4n) is 3.42. The smallest absolute Gasteiger partial charge is 0.267 e. The number of fused-ring (bicyclic) bond motifs is 3. The van der Waals surface area contributed by atoms with Gasteiger partial charge in [-0.1, -0.05) is 30.3 Å². The summed E-state index contributed by atoms with van der Waals surface area (Å²) < 4.78 is 0. The van der Waals surface area contributed by atoms with Crippen LogP contribution in [0, 0.1) is 0 Å². The Morgan fingerprint density at radius 3 is 2.76 bits per heavy atom. The number of hydrogen-bond acceptors (Lipinski definition) is 3. The number of hydroxylamine groups is 1. The third kappa shape index (κ3) is 3.02. The summed E-state index contributed by atoms with van der Waals surface area (Å²) in [6.45, 7) is 1.85. The second kappa shape index (κ2) is 6.45. The van der Waals surface area contributed by atoms with E-state index in [-0.39, 0.29) is 0 Å². The first-order chi connectivity index (χ1) is 12.2. The molecule has 25 heavy (non-hydrogen) atoms. The minimum absolute atomic E-state index is 0.536. The lowest BCUT2D eigenvalue weighted by molar-refractivity contribution is -0.124. The highest BCUT2D eigenvalue weighted by molar-refractivity contribution is 5.90. The molecule has 1 amide bonds. The average Bonchev–Trinajstić information content (AvgIpc) is 3.04. The Kier molecular flexibility index (Phi) is 3.99. The van der Waals surface area contributed by atoms with Crippen molar-refractivity contribution in [3.8, 4) is 0 Å². The maximum absolute atomic E-state index is 11.0. The fourth-order valence-corrected chi connectivity index (χ4v) is 3.42. The van der Waals surface area contributed by atoms with E-state index in [4.69, 9.17) is 5.21 Å². The molecule has 126 valence electrons. The van der Waals surface area contributed by atoms with E-state index in [1.165, 1.54) is 28.2 Å². The zero-order valence-electron chi connectivity index (χ0n) is 13.7. The van der Waals surface area contributed by atoms with Gasteiger partial charge in [0.1, 0.15) is 0 Å². The maximum atomic E-state index is 11.0. The molecule has 0 bridgehead atoms. The predicted molar refractivity (Wildman–Crippen MR) is 98.5 cm³/mol. The van der Waals surface area contributed by atoms with Crippen molar-refractivity contribution in [2.75, 3.05) is 11.4 Å². The van der Waals surface area contributed by atoms with Crippen molar-refractivity contribution in [3.63, 3.8) is 0 Å². The van der Waals surface area contributed by atoms with Crippen LogP contribution in [0.1, 0.15) is 16.8 Å². The number of carbonyl (C=O) groups excluding carboxylic acids is 1. The first-order valence-electron chi connectivity index (χ1n) is 8.30. The van der Waals surface area contributed by atoms with Gasteiger partial charge in [0.2, 0.25) is 0 Å². The molecular formula is C20H19N3O2. The molecule has 5 heteroatoms. The highest BCUT2D eigenvalue weighted by Crippen LogP contribution is 2.30. The quantitative estimate of drug-likeness (QED) is 0.391. The number of aromatic amines is 1. The maximum Gasteiger partial charge on any atom is 0.267 e. The molecule has 0 saturated heterocycles. The van der Waals surface area contributed by atoms with Crippen molar-refractivity contribution in [2.24, 2.45) is 0 Å². The lowest BCUT2D eigenvalue weighted by Gasteiger charge is -2.29. The average molecular weight is 333 g/mol. The molecule has 0 aliphatic carbocycles. The minimum Gasteiger partial charge on any atom is -0.365 e. The Labute approximate surface area is 145 Å². The third-order valence-electron chi connectivity index (χ3n) is 4.68. The first-order valence-corrected chi connectivity index (χ1v) is 8.30. The molecule has 0 radical (unpaired) electrons. The van der Waals surface area contributed by atoms with Crippen LogP contribution in [-0.4, -0.2) is 22.6 Å². The van der Waals surface area contributed by atoms with Crippen LogP contribution < -0.4 is 10.4 Å². The molecule has 0 unspecified atom stereocenters. The van der Waals surface area contributed by atoms with Crippen LogP contribution in [-0.2, 0) is 17.8 Å². The normalized spacial score (nSPS) is 14.0. The molecule has 4 rings (SSSR count). The molecule has 1 aliphatic rings. The SMILES string of the molecule is O=C(/C=C/c1ccc(N2CCc3c([nH]c4ccccc34)C2)cc1)NO. The number of nitrogens with one attached hydrogen (secondary N) is 2. The Bertz CT molecular complexity index is 941. The molecule has 3 N–H and O–H groups in total. The molecule has 0 saturated carbocycles. The number of benzene rings is 2. The third-order valence-corrected chi connectivity index (χ3v) is 4.68. The van der Waals surface area contributed by atoms with Gasteiger partial charge in [-0.25, -0.2) is 5.48 Å². The van der Waals surface area contributed by atoms with Gasteiger partial charge >= 0.3 is 0 Å². The summed E-state index contributed by atoms with van der Waals surface area (Å²) in [4.78, 5) is 16.9. The van der Waals surface area contributed by atoms with E-state index in [1.807, 2.05) is 12.1 Å². The molecule has 0 spiro atoms.